The number of benzene rings is 2. The smallest absolute Gasteiger partial charge is 0.252 e. The van der Waals surface area contributed by atoms with E-state index in [9.17, 15) is 4.79 Å². The van der Waals surface area contributed by atoms with E-state index < -0.39 is 5.54 Å². The number of hydrogen-bond acceptors (Lipinski definition) is 5. The second-order valence-corrected chi connectivity index (χ2v) is 7.05. The molecule has 144 valence electrons. The first-order valence-electron chi connectivity index (χ1n) is 9.53. The zero-order valence-corrected chi connectivity index (χ0v) is 15.8. The van der Waals surface area contributed by atoms with Gasteiger partial charge in [0.15, 0.2) is 5.82 Å². The van der Waals surface area contributed by atoms with E-state index in [2.05, 4.69) is 20.8 Å². The highest BCUT2D eigenvalue weighted by Gasteiger charge is 2.41. The lowest BCUT2D eigenvalue weighted by Crippen LogP contribution is -2.49. The molecule has 1 N–H and O–H groups in total. The third-order valence-corrected chi connectivity index (χ3v) is 5.31. The molecule has 1 amide bonds. The Balaban J connectivity index is 1.75. The van der Waals surface area contributed by atoms with Crippen molar-refractivity contribution in [1.82, 2.24) is 25.5 Å². The lowest BCUT2D eigenvalue weighted by atomic mass is 9.80. The summed E-state index contributed by atoms with van der Waals surface area (Å²) in [5, 5.41) is 15.7. The summed E-state index contributed by atoms with van der Waals surface area (Å²) in [7, 11) is 1.62. The molecule has 7 heteroatoms. The number of methoxy groups -OCH3 is 1. The van der Waals surface area contributed by atoms with Gasteiger partial charge in [0.1, 0.15) is 17.0 Å². The van der Waals surface area contributed by atoms with Gasteiger partial charge in [-0.25, -0.2) is 0 Å². The van der Waals surface area contributed by atoms with Gasteiger partial charge in [0.2, 0.25) is 0 Å². The first-order chi connectivity index (χ1) is 13.7. The van der Waals surface area contributed by atoms with Crippen LogP contribution in [0.15, 0.2) is 54.6 Å². The largest absolute Gasteiger partial charge is 0.494 e. The van der Waals surface area contributed by atoms with Crippen LogP contribution in [0.25, 0.3) is 5.69 Å². The van der Waals surface area contributed by atoms with E-state index in [-0.39, 0.29) is 5.91 Å². The maximum atomic E-state index is 13.0. The number of ether oxygens (including phenoxy) is 1. The van der Waals surface area contributed by atoms with Crippen LogP contribution >= 0.6 is 0 Å². The third kappa shape index (κ3) is 3.35. The summed E-state index contributed by atoms with van der Waals surface area (Å²) in [5.41, 5.74) is 0.767. The second kappa shape index (κ2) is 7.80. The Morgan fingerprint density at radius 1 is 1.04 bits per heavy atom. The van der Waals surface area contributed by atoms with Crippen LogP contribution in [0.1, 0.15) is 48.3 Å². The number of nitrogens with one attached hydrogen (secondary N) is 1. The van der Waals surface area contributed by atoms with E-state index in [0.717, 1.165) is 37.8 Å². The fourth-order valence-electron chi connectivity index (χ4n) is 3.89. The highest BCUT2D eigenvalue weighted by molar-refractivity contribution is 5.94. The molecule has 1 heterocycles. The van der Waals surface area contributed by atoms with Gasteiger partial charge in [-0.2, -0.15) is 4.68 Å². The fraction of sp³-hybridized carbons (Fsp3) is 0.333. The average Bonchev–Trinajstić information content (AvgIpc) is 3.25. The molecule has 0 aliphatic heterocycles. The molecule has 0 saturated heterocycles. The van der Waals surface area contributed by atoms with Crippen molar-refractivity contribution in [2.45, 2.75) is 37.6 Å². The first kappa shape index (κ1) is 18.2. The van der Waals surface area contributed by atoms with Crippen LogP contribution < -0.4 is 10.1 Å². The standard InChI is InChI=1S/C21H23N5O2/c1-28-18-13-7-6-12-17(18)26-20(23-24-25-26)21(14-8-3-9-15-21)22-19(27)16-10-4-2-5-11-16/h2,4-7,10-13H,3,8-9,14-15H2,1H3,(H,22,27). The number of para-hydroxylation sites is 2. The molecule has 4 rings (SSSR count). The monoisotopic (exact) mass is 377 g/mol. The van der Waals surface area contributed by atoms with Crippen molar-refractivity contribution < 1.29 is 9.53 Å². The Morgan fingerprint density at radius 2 is 1.75 bits per heavy atom. The maximum absolute atomic E-state index is 13.0. The number of nitrogens with zero attached hydrogens (tertiary/aromatic N) is 4. The SMILES string of the molecule is COc1ccccc1-n1nnnc1C1(NC(=O)c2ccccc2)CCCCC1. The fourth-order valence-corrected chi connectivity index (χ4v) is 3.89. The summed E-state index contributed by atoms with van der Waals surface area (Å²) < 4.78 is 7.18. The molecule has 0 unspecified atom stereocenters. The van der Waals surface area contributed by atoms with E-state index in [1.807, 2.05) is 54.6 Å². The van der Waals surface area contributed by atoms with Crippen LogP contribution in [-0.4, -0.2) is 33.2 Å². The number of rotatable bonds is 5. The molecular formula is C21H23N5O2. The van der Waals surface area contributed by atoms with Gasteiger partial charge in [0, 0.05) is 5.56 Å². The van der Waals surface area contributed by atoms with Gasteiger partial charge in [-0.1, -0.05) is 49.6 Å². The Kier molecular flexibility index (Phi) is 5.06. The molecule has 0 spiro atoms. The van der Waals surface area contributed by atoms with Crippen molar-refractivity contribution in [3.8, 4) is 11.4 Å². The van der Waals surface area contributed by atoms with Crippen LogP contribution in [0.4, 0.5) is 0 Å². The normalized spacial score (nSPS) is 15.8. The maximum Gasteiger partial charge on any atom is 0.252 e. The molecule has 2 aromatic carbocycles. The number of aromatic nitrogens is 4. The summed E-state index contributed by atoms with van der Waals surface area (Å²) in [6, 6.07) is 16.9. The van der Waals surface area contributed by atoms with Crippen LogP contribution in [0.3, 0.4) is 0 Å². The van der Waals surface area contributed by atoms with Crippen LogP contribution in [0.5, 0.6) is 5.75 Å². The van der Waals surface area contributed by atoms with Crippen LogP contribution in [-0.2, 0) is 5.54 Å². The number of amides is 1. The molecule has 1 aliphatic rings. The molecule has 1 saturated carbocycles. The topological polar surface area (TPSA) is 81.9 Å². The minimum atomic E-state index is -0.616. The van der Waals surface area contributed by atoms with E-state index in [4.69, 9.17) is 4.74 Å². The van der Waals surface area contributed by atoms with Crippen molar-refractivity contribution in [1.29, 1.82) is 0 Å². The molecule has 0 radical (unpaired) electrons. The first-order valence-corrected chi connectivity index (χ1v) is 9.53. The zero-order valence-electron chi connectivity index (χ0n) is 15.8. The molecule has 0 bridgehead atoms. The van der Waals surface area contributed by atoms with Gasteiger partial charge in [0.25, 0.3) is 5.91 Å². The summed E-state index contributed by atoms with van der Waals surface area (Å²) in [6.45, 7) is 0. The molecule has 1 fully saturated rings. The molecule has 1 aliphatic carbocycles. The Bertz CT molecular complexity index is 948. The summed E-state index contributed by atoms with van der Waals surface area (Å²) in [5.74, 6) is 1.20. The lowest BCUT2D eigenvalue weighted by molar-refractivity contribution is 0.0855. The van der Waals surface area contributed by atoms with Gasteiger partial charge < -0.3 is 10.1 Å². The van der Waals surface area contributed by atoms with Crippen LogP contribution in [0, 0.1) is 0 Å². The van der Waals surface area contributed by atoms with Crippen molar-refractivity contribution >= 4 is 5.91 Å². The van der Waals surface area contributed by atoms with Gasteiger partial charge in [-0.15, -0.1) is 5.10 Å². The summed E-state index contributed by atoms with van der Waals surface area (Å²) >= 11 is 0. The molecule has 7 nitrogen and oxygen atoms in total. The van der Waals surface area contributed by atoms with Crippen molar-refractivity contribution in [3.05, 3.63) is 66.0 Å². The van der Waals surface area contributed by atoms with Gasteiger partial charge in [-0.05, 0) is 47.5 Å². The summed E-state index contributed by atoms with van der Waals surface area (Å²) in [6.07, 6.45) is 4.74. The van der Waals surface area contributed by atoms with Crippen molar-refractivity contribution in [2.24, 2.45) is 0 Å². The minimum Gasteiger partial charge on any atom is -0.494 e. The number of hydrogen-bond donors (Lipinski definition) is 1. The Labute approximate surface area is 163 Å². The van der Waals surface area contributed by atoms with Gasteiger partial charge in [-0.3, -0.25) is 4.79 Å². The second-order valence-electron chi connectivity index (χ2n) is 7.05. The summed E-state index contributed by atoms with van der Waals surface area (Å²) in [4.78, 5) is 13.0. The third-order valence-electron chi connectivity index (χ3n) is 5.31. The van der Waals surface area contributed by atoms with Crippen molar-refractivity contribution in [2.75, 3.05) is 7.11 Å². The number of tetrazole rings is 1. The Hall–Kier alpha value is -3.22. The molecule has 0 atom stereocenters. The molecule has 1 aromatic heterocycles. The van der Waals surface area contributed by atoms with E-state index in [1.54, 1.807) is 11.8 Å². The van der Waals surface area contributed by atoms with E-state index >= 15 is 0 Å². The molecule has 3 aromatic rings. The highest BCUT2D eigenvalue weighted by atomic mass is 16.5. The van der Waals surface area contributed by atoms with E-state index in [0.29, 0.717) is 17.1 Å². The van der Waals surface area contributed by atoms with Gasteiger partial charge in [0.05, 0.1) is 7.11 Å². The number of carbonyl (C=O) groups is 1. The Morgan fingerprint density at radius 3 is 2.50 bits per heavy atom. The number of carbonyl (C=O) groups excluding carboxylic acids is 1. The predicted molar refractivity (Wildman–Crippen MR) is 104 cm³/mol. The van der Waals surface area contributed by atoms with Crippen molar-refractivity contribution in [3.63, 3.8) is 0 Å². The van der Waals surface area contributed by atoms with Crippen LogP contribution in [0.2, 0.25) is 0 Å². The minimum absolute atomic E-state index is 0.114. The zero-order chi connectivity index (χ0) is 19.4. The molecular weight excluding hydrogens is 354 g/mol. The predicted octanol–water partition coefficient (Wildman–Crippen LogP) is 3.26. The average molecular weight is 377 g/mol. The quantitative estimate of drug-likeness (QED) is 0.738. The van der Waals surface area contributed by atoms with E-state index in [1.165, 1.54) is 0 Å². The molecule has 28 heavy (non-hydrogen) atoms. The van der Waals surface area contributed by atoms with Gasteiger partial charge >= 0.3 is 0 Å². The lowest BCUT2D eigenvalue weighted by Gasteiger charge is -2.36. The highest BCUT2D eigenvalue weighted by Crippen LogP contribution is 2.37.